The smallest absolute Gasteiger partial charge is 0.163 e. The normalized spacial score (nSPS) is 20.3. The van der Waals surface area contributed by atoms with Crippen molar-refractivity contribution in [2.75, 3.05) is 13.7 Å². The summed E-state index contributed by atoms with van der Waals surface area (Å²) in [5, 5.41) is 13.8. The predicted octanol–water partition coefficient (Wildman–Crippen LogP) is 2.83. The molecule has 1 aromatic rings. The van der Waals surface area contributed by atoms with E-state index in [0.29, 0.717) is 11.5 Å². The van der Waals surface area contributed by atoms with Gasteiger partial charge in [0.05, 0.1) is 7.11 Å². The van der Waals surface area contributed by atoms with Gasteiger partial charge in [0.15, 0.2) is 11.5 Å². The van der Waals surface area contributed by atoms with E-state index in [9.17, 15) is 5.11 Å². The molecule has 0 radical (unpaired) electrons. The highest BCUT2D eigenvalue weighted by molar-refractivity contribution is 5.55. The third-order valence-corrected chi connectivity index (χ3v) is 3.55. The second-order valence-electron chi connectivity index (χ2n) is 4.81. The molecular weight excluding hydrogens is 214 g/mol. The molecule has 1 unspecified atom stereocenters. The number of ether oxygens (including phenoxy) is 1. The first kappa shape index (κ1) is 12.2. The molecule has 1 heterocycles. The standard InChI is InChI=1S/C14H21NO2/c1-9-8-10(2)14(17-3)13(16)12(9)11-6-4-5-7-15-11/h8,11,15-16H,4-7H2,1-3H3. The van der Waals surface area contributed by atoms with Crippen LogP contribution in [0.3, 0.4) is 0 Å². The van der Waals surface area contributed by atoms with Crippen LogP contribution in [0, 0.1) is 13.8 Å². The average molecular weight is 235 g/mol. The predicted molar refractivity (Wildman–Crippen MR) is 68.7 cm³/mol. The van der Waals surface area contributed by atoms with Gasteiger partial charge in [0.25, 0.3) is 0 Å². The molecule has 1 fully saturated rings. The maximum Gasteiger partial charge on any atom is 0.163 e. The van der Waals surface area contributed by atoms with E-state index in [2.05, 4.69) is 18.3 Å². The van der Waals surface area contributed by atoms with Crippen molar-refractivity contribution in [2.45, 2.75) is 39.2 Å². The summed E-state index contributed by atoms with van der Waals surface area (Å²) in [5.41, 5.74) is 3.13. The van der Waals surface area contributed by atoms with Gasteiger partial charge in [-0.1, -0.05) is 12.5 Å². The minimum Gasteiger partial charge on any atom is -0.504 e. The monoisotopic (exact) mass is 235 g/mol. The summed E-state index contributed by atoms with van der Waals surface area (Å²) in [6.07, 6.45) is 3.52. The molecule has 1 saturated heterocycles. The highest BCUT2D eigenvalue weighted by atomic mass is 16.5. The molecular formula is C14H21NO2. The topological polar surface area (TPSA) is 41.5 Å². The molecule has 3 nitrogen and oxygen atoms in total. The Morgan fingerprint density at radius 3 is 2.65 bits per heavy atom. The van der Waals surface area contributed by atoms with Gasteiger partial charge in [-0.25, -0.2) is 0 Å². The lowest BCUT2D eigenvalue weighted by Crippen LogP contribution is -2.27. The number of hydrogen-bond acceptors (Lipinski definition) is 3. The highest BCUT2D eigenvalue weighted by Crippen LogP contribution is 2.40. The van der Waals surface area contributed by atoms with Gasteiger partial charge in [-0.2, -0.15) is 0 Å². The van der Waals surface area contributed by atoms with Crippen LogP contribution >= 0.6 is 0 Å². The van der Waals surface area contributed by atoms with E-state index in [1.54, 1.807) is 7.11 Å². The highest BCUT2D eigenvalue weighted by Gasteiger charge is 2.23. The molecule has 0 spiro atoms. The van der Waals surface area contributed by atoms with Gasteiger partial charge in [0, 0.05) is 11.6 Å². The number of phenolic OH excluding ortho intramolecular Hbond substituents is 1. The van der Waals surface area contributed by atoms with Crippen molar-refractivity contribution in [1.29, 1.82) is 0 Å². The number of rotatable bonds is 2. The third kappa shape index (κ3) is 2.25. The summed E-state index contributed by atoms with van der Waals surface area (Å²) in [5.74, 6) is 0.919. The summed E-state index contributed by atoms with van der Waals surface area (Å²) < 4.78 is 5.28. The molecule has 0 saturated carbocycles. The summed E-state index contributed by atoms with van der Waals surface area (Å²) in [6, 6.07) is 2.35. The Morgan fingerprint density at radius 2 is 2.06 bits per heavy atom. The molecule has 0 aromatic heterocycles. The lowest BCUT2D eigenvalue weighted by atomic mass is 9.91. The van der Waals surface area contributed by atoms with Gasteiger partial charge in [0.2, 0.25) is 0 Å². The first-order chi connectivity index (χ1) is 8.15. The van der Waals surface area contributed by atoms with E-state index in [1.165, 1.54) is 12.8 Å². The number of hydrogen-bond donors (Lipinski definition) is 2. The van der Waals surface area contributed by atoms with Gasteiger partial charge in [-0.15, -0.1) is 0 Å². The first-order valence-electron chi connectivity index (χ1n) is 6.25. The van der Waals surface area contributed by atoms with Crippen molar-refractivity contribution in [3.8, 4) is 11.5 Å². The molecule has 0 amide bonds. The maximum atomic E-state index is 10.3. The van der Waals surface area contributed by atoms with Crippen LogP contribution in [0.25, 0.3) is 0 Å². The molecule has 0 bridgehead atoms. The Morgan fingerprint density at radius 1 is 1.29 bits per heavy atom. The zero-order valence-corrected chi connectivity index (χ0v) is 10.8. The molecule has 2 rings (SSSR count). The molecule has 94 valence electrons. The van der Waals surface area contributed by atoms with Crippen LogP contribution in [-0.4, -0.2) is 18.8 Å². The number of aromatic hydroxyl groups is 1. The lowest BCUT2D eigenvalue weighted by Gasteiger charge is -2.27. The second-order valence-corrected chi connectivity index (χ2v) is 4.81. The molecule has 0 aliphatic carbocycles. The third-order valence-electron chi connectivity index (χ3n) is 3.55. The van der Waals surface area contributed by atoms with E-state index in [-0.39, 0.29) is 6.04 Å². The van der Waals surface area contributed by atoms with Crippen molar-refractivity contribution in [1.82, 2.24) is 5.32 Å². The van der Waals surface area contributed by atoms with Crippen LogP contribution in [-0.2, 0) is 0 Å². The van der Waals surface area contributed by atoms with E-state index < -0.39 is 0 Å². The van der Waals surface area contributed by atoms with E-state index in [1.807, 2.05) is 6.92 Å². The SMILES string of the molecule is COc1c(C)cc(C)c(C2CCCCN2)c1O. The quantitative estimate of drug-likeness (QED) is 0.828. The van der Waals surface area contributed by atoms with Crippen molar-refractivity contribution in [2.24, 2.45) is 0 Å². The van der Waals surface area contributed by atoms with Crippen molar-refractivity contribution in [3.05, 3.63) is 22.8 Å². The van der Waals surface area contributed by atoms with Gasteiger partial charge >= 0.3 is 0 Å². The molecule has 2 N–H and O–H groups in total. The molecule has 1 aliphatic rings. The molecule has 1 aliphatic heterocycles. The molecule has 3 heteroatoms. The van der Waals surface area contributed by atoms with E-state index >= 15 is 0 Å². The summed E-state index contributed by atoms with van der Waals surface area (Å²) in [6.45, 7) is 5.04. The summed E-state index contributed by atoms with van der Waals surface area (Å²) >= 11 is 0. The zero-order valence-electron chi connectivity index (χ0n) is 10.8. The Labute approximate surface area is 103 Å². The summed E-state index contributed by atoms with van der Waals surface area (Å²) in [7, 11) is 1.61. The Kier molecular flexibility index (Phi) is 3.57. The largest absolute Gasteiger partial charge is 0.504 e. The average Bonchev–Trinajstić information content (AvgIpc) is 2.30. The van der Waals surface area contributed by atoms with E-state index in [0.717, 1.165) is 29.7 Å². The molecule has 1 aromatic carbocycles. The lowest BCUT2D eigenvalue weighted by molar-refractivity contribution is 0.352. The van der Waals surface area contributed by atoms with Crippen LogP contribution in [0.1, 0.15) is 42.0 Å². The summed E-state index contributed by atoms with van der Waals surface area (Å²) in [4.78, 5) is 0. The Bertz CT molecular complexity index is 409. The van der Waals surface area contributed by atoms with Crippen LogP contribution in [0.15, 0.2) is 6.07 Å². The number of phenols is 1. The fraction of sp³-hybridized carbons (Fsp3) is 0.571. The van der Waals surface area contributed by atoms with Gasteiger partial charge in [-0.3, -0.25) is 0 Å². The fourth-order valence-corrected chi connectivity index (χ4v) is 2.76. The number of aryl methyl sites for hydroxylation is 2. The Hall–Kier alpha value is -1.22. The van der Waals surface area contributed by atoms with Crippen molar-refractivity contribution >= 4 is 0 Å². The molecule has 1 atom stereocenters. The maximum absolute atomic E-state index is 10.3. The van der Waals surface area contributed by atoms with Crippen molar-refractivity contribution < 1.29 is 9.84 Å². The number of nitrogens with one attached hydrogen (secondary N) is 1. The van der Waals surface area contributed by atoms with Gasteiger partial charge in [0.1, 0.15) is 0 Å². The van der Waals surface area contributed by atoms with Crippen LogP contribution < -0.4 is 10.1 Å². The van der Waals surface area contributed by atoms with Gasteiger partial charge in [-0.05, 0) is 44.4 Å². The van der Waals surface area contributed by atoms with E-state index in [4.69, 9.17) is 4.74 Å². The van der Waals surface area contributed by atoms with Crippen LogP contribution in [0.5, 0.6) is 11.5 Å². The van der Waals surface area contributed by atoms with Gasteiger partial charge < -0.3 is 15.2 Å². The van der Waals surface area contributed by atoms with Crippen LogP contribution in [0.2, 0.25) is 0 Å². The minimum atomic E-state index is 0.262. The minimum absolute atomic E-state index is 0.262. The molecule has 17 heavy (non-hydrogen) atoms. The van der Waals surface area contributed by atoms with Crippen LogP contribution in [0.4, 0.5) is 0 Å². The Balaban J connectivity index is 2.44. The first-order valence-corrected chi connectivity index (χ1v) is 6.25. The zero-order chi connectivity index (χ0) is 12.4. The number of benzene rings is 1. The number of methoxy groups -OCH3 is 1. The second kappa shape index (κ2) is 4.96. The fourth-order valence-electron chi connectivity index (χ4n) is 2.76. The van der Waals surface area contributed by atoms with Crippen molar-refractivity contribution in [3.63, 3.8) is 0 Å². The number of piperidine rings is 1.